The predicted octanol–water partition coefficient (Wildman–Crippen LogP) is 4.70. The first-order valence-electron chi connectivity index (χ1n) is 8.81. The van der Waals surface area contributed by atoms with Gasteiger partial charge >= 0.3 is 0 Å². The number of carbonyl (C=O) groups is 2. The fraction of sp³-hybridized carbons (Fsp3) is 0.300. The van der Waals surface area contributed by atoms with Crippen LogP contribution in [0.2, 0.25) is 5.02 Å². The highest BCUT2D eigenvalue weighted by Gasteiger charge is 2.49. The van der Waals surface area contributed by atoms with Gasteiger partial charge in [0.15, 0.2) is 0 Å². The van der Waals surface area contributed by atoms with Crippen LogP contribution in [-0.2, 0) is 4.79 Å². The SMILES string of the molecule is Cc1cscc1-c1ccc2c(Cl)c(C(=O)N3CC4(CCC(=O)N4)C3)sc2c1. The number of likely N-dealkylation sites (tertiary alicyclic amines) is 1. The second kappa shape index (κ2) is 6.06. The maximum atomic E-state index is 12.9. The number of rotatable bonds is 2. The van der Waals surface area contributed by atoms with Gasteiger partial charge in [-0.05, 0) is 46.9 Å². The molecular formula is C20H17ClN2O2S2. The second-order valence-corrected chi connectivity index (χ2v) is 9.59. The van der Waals surface area contributed by atoms with Crippen molar-refractivity contribution in [3.05, 3.63) is 44.4 Å². The van der Waals surface area contributed by atoms with Crippen molar-refractivity contribution in [3.63, 3.8) is 0 Å². The first-order chi connectivity index (χ1) is 13.0. The Kier molecular flexibility index (Phi) is 3.86. The lowest BCUT2D eigenvalue weighted by molar-refractivity contribution is -0.120. The fourth-order valence-corrected chi connectivity index (χ4v) is 6.39. The van der Waals surface area contributed by atoms with E-state index in [4.69, 9.17) is 11.6 Å². The molecule has 1 N–H and O–H groups in total. The zero-order chi connectivity index (χ0) is 18.8. The van der Waals surface area contributed by atoms with E-state index in [-0.39, 0.29) is 17.4 Å². The minimum atomic E-state index is -0.209. The summed E-state index contributed by atoms with van der Waals surface area (Å²) in [5.74, 6) is 0.0412. The summed E-state index contributed by atoms with van der Waals surface area (Å²) in [6.07, 6.45) is 1.36. The Bertz CT molecular complexity index is 1090. The molecule has 3 aromatic rings. The van der Waals surface area contributed by atoms with Gasteiger partial charge in [0.1, 0.15) is 4.88 Å². The summed E-state index contributed by atoms with van der Waals surface area (Å²) >= 11 is 9.70. The first kappa shape index (κ1) is 17.2. The van der Waals surface area contributed by atoms with Crippen LogP contribution in [0.5, 0.6) is 0 Å². The molecule has 0 bridgehead atoms. The van der Waals surface area contributed by atoms with Crippen LogP contribution in [-0.4, -0.2) is 35.3 Å². The molecule has 2 aliphatic rings. The van der Waals surface area contributed by atoms with Gasteiger partial charge in [-0.3, -0.25) is 9.59 Å². The Hall–Kier alpha value is -1.89. The molecule has 138 valence electrons. The summed E-state index contributed by atoms with van der Waals surface area (Å²) in [5, 5.41) is 8.75. The zero-order valence-corrected chi connectivity index (χ0v) is 17.1. The average molecular weight is 417 g/mol. The van der Waals surface area contributed by atoms with Gasteiger partial charge in [-0.1, -0.05) is 23.7 Å². The molecule has 0 radical (unpaired) electrons. The smallest absolute Gasteiger partial charge is 0.265 e. The highest BCUT2D eigenvalue weighted by molar-refractivity contribution is 7.21. The number of hydrogen-bond acceptors (Lipinski definition) is 4. The maximum Gasteiger partial charge on any atom is 0.265 e. The van der Waals surface area contributed by atoms with E-state index in [0.29, 0.717) is 29.4 Å². The van der Waals surface area contributed by atoms with E-state index < -0.39 is 0 Å². The molecule has 2 aliphatic heterocycles. The van der Waals surface area contributed by atoms with Crippen molar-refractivity contribution in [1.29, 1.82) is 0 Å². The summed E-state index contributed by atoms with van der Waals surface area (Å²) in [7, 11) is 0. The third kappa shape index (κ3) is 2.70. The van der Waals surface area contributed by atoms with Crippen molar-refractivity contribution in [1.82, 2.24) is 10.2 Å². The van der Waals surface area contributed by atoms with E-state index in [9.17, 15) is 9.59 Å². The Balaban J connectivity index is 1.44. The number of carbonyl (C=O) groups excluding carboxylic acids is 2. The largest absolute Gasteiger partial charge is 0.347 e. The van der Waals surface area contributed by atoms with Crippen molar-refractivity contribution in [2.45, 2.75) is 25.3 Å². The number of halogens is 1. The maximum absolute atomic E-state index is 12.9. The molecule has 0 atom stereocenters. The topological polar surface area (TPSA) is 49.4 Å². The normalized spacial score (nSPS) is 18.1. The number of amides is 2. The summed E-state index contributed by atoms with van der Waals surface area (Å²) in [4.78, 5) is 26.8. The summed E-state index contributed by atoms with van der Waals surface area (Å²) in [6.45, 7) is 3.25. The molecule has 0 aliphatic carbocycles. The molecule has 2 saturated heterocycles. The van der Waals surface area contributed by atoms with Crippen molar-refractivity contribution in [2.24, 2.45) is 0 Å². The number of thiophene rings is 2. The molecule has 1 aromatic carbocycles. The number of benzene rings is 1. The van der Waals surface area contributed by atoms with Crippen LogP contribution >= 0.6 is 34.3 Å². The quantitative estimate of drug-likeness (QED) is 0.658. The molecule has 2 fully saturated rings. The lowest BCUT2D eigenvalue weighted by Crippen LogP contribution is -2.68. The van der Waals surface area contributed by atoms with E-state index in [1.807, 2.05) is 6.07 Å². The number of nitrogens with zero attached hydrogens (tertiary/aromatic N) is 1. The molecule has 7 heteroatoms. The Morgan fingerprint density at radius 3 is 2.78 bits per heavy atom. The summed E-state index contributed by atoms with van der Waals surface area (Å²) in [5.41, 5.74) is 3.41. The Morgan fingerprint density at radius 1 is 1.30 bits per heavy atom. The molecule has 1 spiro atoms. The summed E-state index contributed by atoms with van der Waals surface area (Å²) < 4.78 is 1.02. The van der Waals surface area contributed by atoms with Crippen LogP contribution in [0.25, 0.3) is 21.2 Å². The minimum absolute atomic E-state index is 0.0405. The molecule has 5 rings (SSSR count). The van der Waals surface area contributed by atoms with Crippen LogP contribution in [0.15, 0.2) is 29.0 Å². The number of fused-ring (bicyclic) bond motifs is 1. The molecule has 0 unspecified atom stereocenters. The highest BCUT2D eigenvalue weighted by Crippen LogP contribution is 2.41. The first-order valence-corrected chi connectivity index (χ1v) is 10.9. The molecule has 0 saturated carbocycles. The van der Waals surface area contributed by atoms with Crippen molar-refractivity contribution in [2.75, 3.05) is 13.1 Å². The molecule has 4 heterocycles. The monoisotopic (exact) mass is 416 g/mol. The lowest BCUT2D eigenvalue weighted by atomic mass is 9.88. The van der Waals surface area contributed by atoms with E-state index in [0.717, 1.165) is 22.1 Å². The Labute approximate surface area is 169 Å². The van der Waals surface area contributed by atoms with Crippen LogP contribution in [0.4, 0.5) is 0 Å². The summed E-state index contributed by atoms with van der Waals surface area (Å²) in [6, 6.07) is 6.19. The third-order valence-electron chi connectivity index (χ3n) is 5.50. The standard InChI is InChI=1S/C20H17ClN2O2S2/c1-11-7-26-8-14(11)12-2-3-13-15(6-12)27-18(17(13)21)19(25)23-9-20(10-23)5-4-16(24)22-20/h2-3,6-8H,4-5,9-10H2,1H3,(H,22,24). The van der Waals surface area contributed by atoms with E-state index >= 15 is 0 Å². The molecule has 4 nitrogen and oxygen atoms in total. The van der Waals surface area contributed by atoms with Crippen molar-refractivity contribution < 1.29 is 9.59 Å². The molecular weight excluding hydrogens is 400 g/mol. The third-order valence-corrected chi connectivity index (χ3v) is 8.01. The van der Waals surface area contributed by atoms with Gasteiger partial charge in [0.05, 0.1) is 10.6 Å². The van der Waals surface area contributed by atoms with Gasteiger partial charge in [0, 0.05) is 29.6 Å². The van der Waals surface area contributed by atoms with E-state index in [1.165, 1.54) is 22.5 Å². The highest BCUT2D eigenvalue weighted by atomic mass is 35.5. The van der Waals surface area contributed by atoms with Crippen LogP contribution in [0, 0.1) is 6.92 Å². The molecule has 2 aromatic heterocycles. The number of nitrogens with one attached hydrogen (secondary N) is 1. The molecule has 27 heavy (non-hydrogen) atoms. The van der Waals surface area contributed by atoms with Crippen LogP contribution < -0.4 is 5.32 Å². The predicted molar refractivity (Wildman–Crippen MR) is 111 cm³/mol. The second-order valence-electron chi connectivity index (χ2n) is 7.41. The van der Waals surface area contributed by atoms with Gasteiger partial charge in [-0.25, -0.2) is 0 Å². The molecule has 2 amide bonds. The minimum Gasteiger partial charge on any atom is -0.347 e. The lowest BCUT2D eigenvalue weighted by Gasteiger charge is -2.47. The van der Waals surface area contributed by atoms with E-state index in [2.05, 4.69) is 35.1 Å². The van der Waals surface area contributed by atoms with E-state index in [1.54, 1.807) is 16.2 Å². The van der Waals surface area contributed by atoms with Crippen molar-refractivity contribution in [3.8, 4) is 11.1 Å². The zero-order valence-electron chi connectivity index (χ0n) is 14.7. The van der Waals surface area contributed by atoms with Crippen LogP contribution in [0.1, 0.15) is 28.1 Å². The van der Waals surface area contributed by atoms with Gasteiger partial charge in [0.2, 0.25) is 5.91 Å². The van der Waals surface area contributed by atoms with Gasteiger partial charge < -0.3 is 10.2 Å². The number of aryl methyl sites for hydroxylation is 1. The fourth-order valence-electron chi connectivity index (χ4n) is 4.01. The van der Waals surface area contributed by atoms with Gasteiger partial charge in [-0.15, -0.1) is 11.3 Å². The average Bonchev–Trinajstić information content (AvgIpc) is 3.30. The number of hydrogen-bond donors (Lipinski definition) is 1. The van der Waals surface area contributed by atoms with Gasteiger partial charge in [-0.2, -0.15) is 11.3 Å². The van der Waals surface area contributed by atoms with Crippen LogP contribution in [0.3, 0.4) is 0 Å². The van der Waals surface area contributed by atoms with Crippen molar-refractivity contribution >= 4 is 56.2 Å². The Morgan fingerprint density at radius 2 is 2.11 bits per heavy atom. The van der Waals surface area contributed by atoms with Gasteiger partial charge in [0.25, 0.3) is 5.91 Å².